The van der Waals surface area contributed by atoms with E-state index in [0.29, 0.717) is 12.7 Å². The highest BCUT2D eigenvalue weighted by Crippen LogP contribution is 1.97. The van der Waals surface area contributed by atoms with E-state index >= 15 is 0 Å². The van der Waals surface area contributed by atoms with Gasteiger partial charge in [-0.25, -0.2) is 0 Å². The van der Waals surface area contributed by atoms with Gasteiger partial charge in [0, 0.05) is 12.7 Å². The SMILES string of the molecule is C[B]CC(C)N(C)CN. The van der Waals surface area contributed by atoms with E-state index in [1.807, 2.05) is 7.05 Å². The van der Waals surface area contributed by atoms with Gasteiger partial charge in [0.1, 0.15) is 7.28 Å². The molecule has 0 aliphatic heterocycles. The van der Waals surface area contributed by atoms with Gasteiger partial charge in [0.15, 0.2) is 0 Å². The molecule has 0 fully saturated rings. The number of rotatable bonds is 4. The van der Waals surface area contributed by atoms with Gasteiger partial charge in [-0.2, -0.15) is 0 Å². The van der Waals surface area contributed by atoms with Crippen molar-refractivity contribution in [2.24, 2.45) is 5.73 Å². The first-order chi connectivity index (χ1) is 4.22. The van der Waals surface area contributed by atoms with E-state index in [1.165, 1.54) is 0 Å². The van der Waals surface area contributed by atoms with Gasteiger partial charge in [0.25, 0.3) is 0 Å². The normalized spacial score (nSPS) is 13.9. The van der Waals surface area contributed by atoms with E-state index in [4.69, 9.17) is 5.73 Å². The maximum Gasteiger partial charge on any atom is 0.107 e. The van der Waals surface area contributed by atoms with Crippen molar-refractivity contribution in [1.82, 2.24) is 4.90 Å². The van der Waals surface area contributed by atoms with Gasteiger partial charge in [0.2, 0.25) is 0 Å². The van der Waals surface area contributed by atoms with Crippen LogP contribution in [0.15, 0.2) is 0 Å². The van der Waals surface area contributed by atoms with Crippen LogP contribution in [0.25, 0.3) is 0 Å². The molecular formula is C6H16BN2. The minimum atomic E-state index is 0.583. The van der Waals surface area contributed by atoms with Crippen molar-refractivity contribution in [2.45, 2.75) is 26.1 Å². The molecule has 53 valence electrons. The molecule has 0 bridgehead atoms. The third-order valence-corrected chi connectivity index (χ3v) is 1.62. The minimum absolute atomic E-state index is 0.583. The summed E-state index contributed by atoms with van der Waals surface area (Å²) in [5.74, 6) is 0. The van der Waals surface area contributed by atoms with E-state index in [0.717, 1.165) is 6.32 Å². The van der Waals surface area contributed by atoms with Gasteiger partial charge in [-0.3, -0.25) is 4.90 Å². The van der Waals surface area contributed by atoms with Crippen molar-refractivity contribution < 1.29 is 0 Å². The molecule has 3 heteroatoms. The van der Waals surface area contributed by atoms with Gasteiger partial charge in [-0.1, -0.05) is 20.1 Å². The topological polar surface area (TPSA) is 29.3 Å². The van der Waals surface area contributed by atoms with Crippen LogP contribution >= 0.6 is 0 Å². The van der Waals surface area contributed by atoms with Crippen molar-refractivity contribution in [3.05, 3.63) is 0 Å². The Hall–Kier alpha value is -0.0151. The van der Waals surface area contributed by atoms with Crippen LogP contribution in [0.5, 0.6) is 0 Å². The Balaban J connectivity index is 3.32. The monoisotopic (exact) mass is 127 g/mol. The molecule has 0 heterocycles. The predicted molar refractivity (Wildman–Crippen MR) is 42.7 cm³/mol. The molecule has 0 aromatic heterocycles. The Labute approximate surface area is 58.7 Å². The molecule has 0 saturated carbocycles. The molecule has 1 radical (unpaired) electrons. The number of hydrogen-bond acceptors (Lipinski definition) is 2. The van der Waals surface area contributed by atoms with Crippen LogP contribution in [0.4, 0.5) is 0 Å². The molecule has 1 unspecified atom stereocenters. The van der Waals surface area contributed by atoms with Crippen molar-refractivity contribution in [1.29, 1.82) is 0 Å². The summed E-state index contributed by atoms with van der Waals surface area (Å²) in [6.07, 6.45) is 1.12. The van der Waals surface area contributed by atoms with Crippen LogP contribution in [0.1, 0.15) is 6.92 Å². The van der Waals surface area contributed by atoms with Crippen molar-refractivity contribution in [2.75, 3.05) is 13.7 Å². The van der Waals surface area contributed by atoms with E-state index in [2.05, 4.69) is 25.9 Å². The zero-order chi connectivity index (χ0) is 7.28. The summed E-state index contributed by atoms with van der Waals surface area (Å²) in [5.41, 5.74) is 5.42. The molecule has 0 amide bonds. The Bertz CT molecular complexity index is 68.1. The Morgan fingerprint density at radius 3 is 2.56 bits per heavy atom. The van der Waals surface area contributed by atoms with Crippen LogP contribution in [-0.4, -0.2) is 31.9 Å². The van der Waals surface area contributed by atoms with Gasteiger partial charge in [0.05, 0.1) is 0 Å². The summed E-state index contributed by atoms with van der Waals surface area (Å²) in [6.45, 7) is 4.89. The first-order valence-electron chi connectivity index (χ1n) is 3.40. The second-order valence-corrected chi connectivity index (χ2v) is 2.43. The van der Waals surface area contributed by atoms with Crippen molar-refractivity contribution in [3.8, 4) is 0 Å². The fraction of sp³-hybridized carbons (Fsp3) is 1.00. The lowest BCUT2D eigenvalue weighted by Gasteiger charge is -2.21. The summed E-state index contributed by atoms with van der Waals surface area (Å²) >= 11 is 0. The lowest BCUT2D eigenvalue weighted by Crippen LogP contribution is -2.34. The van der Waals surface area contributed by atoms with E-state index in [9.17, 15) is 0 Å². The van der Waals surface area contributed by atoms with Crippen LogP contribution in [0.3, 0.4) is 0 Å². The zero-order valence-corrected chi connectivity index (χ0v) is 6.59. The van der Waals surface area contributed by atoms with Gasteiger partial charge < -0.3 is 5.73 Å². The highest BCUT2D eigenvalue weighted by Gasteiger charge is 2.04. The van der Waals surface area contributed by atoms with Crippen molar-refractivity contribution in [3.63, 3.8) is 0 Å². The lowest BCUT2D eigenvalue weighted by atomic mass is 9.75. The molecule has 2 nitrogen and oxygen atoms in total. The average Bonchev–Trinajstić information content (AvgIpc) is 1.87. The molecule has 0 spiro atoms. The predicted octanol–water partition coefficient (Wildman–Crippen LogP) is 0.394. The Kier molecular flexibility index (Phi) is 4.82. The number of nitrogens with zero attached hydrogens (tertiary/aromatic N) is 1. The second-order valence-electron chi connectivity index (χ2n) is 2.43. The largest absolute Gasteiger partial charge is 0.318 e. The maximum atomic E-state index is 5.42. The third-order valence-electron chi connectivity index (χ3n) is 1.62. The van der Waals surface area contributed by atoms with Gasteiger partial charge in [-0.05, 0) is 7.05 Å². The second kappa shape index (κ2) is 4.83. The lowest BCUT2D eigenvalue weighted by molar-refractivity contribution is 0.282. The Morgan fingerprint density at radius 1 is 1.67 bits per heavy atom. The van der Waals surface area contributed by atoms with E-state index in [-0.39, 0.29) is 0 Å². The molecule has 0 aliphatic rings. The van der Waals surface area contributed by atoms with Crippen LogP contribution in [0.2, 0.25) is 13.1 Å². The number of nitrogens with two attached hydrogens (primary N) is 1. The molecular weight excluding hydrogens is 111 g/mol. The summed E-state index contributed by atoms with van der Waals surface area (Å²) in [5, 5.41) is 0. The molecule has 0 aromatic carbocycles. The van der Waals surface area contributed by atoms with E-state index in [1.54, 1.807) is 0 Å². The molecule has 0 rings (SSSR count). The summed E-state index contributed by atoms with van der Waals surface area (Å²) < 4.78 is 0. The Morgan fingerprint density at radius 2 is 2.22 bits per heavy atom. The fourth-order valence-electron chi connectivity index (χ4n) is 0.701. The molecule has 0 saturated heterocycles. The third kappa shape index (κ3) is 3.54. The summed E-state index contributed by atoms with van der Waals surface area (Å²) in [7, 11) is 4.20. The zero-order valence-electron chi connectivity index (χ0n) is 6.59. The molecule has 2 N–H and O–H groups in total. The molecule has 9 heavy (non-hydrogen) atoms. The fourth-order valence-corrected chi connectivity index (χ4v) is 0.701. The standard InChI is InChI=1S/C6H16BN2/c1-6(4-7-2)9(3)5-8/h6H,4-5,8H2,1-3H3. The van der Waals surface area contributed by atoms with Crippen LogP contribution < -0.4 is 5.73 Å². The number of hydrogen-bond donors (Lipinski definition) is 1. The smallest absolute Gasteiger partial charge is 0.107 e. The average molecular weight is 127 g/mol. The summed E-state index contributed by atoms with van der Waals surface area (Å²) in [4.78, 5) is 2.12. The van der Waals surface area contributed by atoms with Crippen LogP contribution in [0, 0.1) is 0 Å². The molecule has 0 aliphatic carbocycles. The van der Waals surface area contributed by atoms with E-state index < -0.39 is 0 Å². The van der Waals surface area contributed by atoms with Crippen molar-refractivity contribution >= 4 is 7.28 Å². The van der Waals surface area contributed by atoms with Gasteiger partial charge >= 0.3 is 0 Å². The van der Waals surface area contributed by atoms with Gasteiger partial charge in [-0.15, -0.1) is 0 Å². The summed E-state index contributed by atoms with van der Waals surface area (Å²) in [6, 6.07) is 0.583. The highest BCUT2D eigenvalue weighted by molar-refractivity contribution is 6.33. The van der Waals surface area contributed by atoms with Crippen LogP contribution in [-0.2, 0) is 0 Å². The maximum absolute atomic E-state index is 5.42. The first kappa shape index (κ1) is 8.98. The minimum Gasteiger partial charge on any atom is -0.318 e. The highest BCUT2D eigenvalue weighted by atomic mass is 15.2. The first-order valence-corrected chi connectivity index (χ1v) is 3.40. The molecule has 1 atom stereocenters. The molecule has 0 aromatic rings. The quantitative estimate of drug-likeness (QED) is 0.437.